The summed E-state index contributed by atoms with van der Waals surface area (Å²) in [6.07, 6.45) is 7.28. The molecule has 0 aromatic heterocycles. The molecule has 5 heteroatoms. The summed E-state index contributed by atoms with van der Waals surface area (Å²) >= 11 is 0. The molecule has 1 aromatic carbocycles. The minimum absolute atomic E-state index is 0.259. The standard InChI is InChI=1S/C17H23NO4/c1-20-13-10-9-12-14(15(13)21-2)17(19)22-16(12)18-11-7-5-3-4-6-8-11/h9-11,16,18H,3-8H2,1-2H3/p+1/t16-/m1/s1. The van der Waals surface area contributed by atoms with Crippen LogP contribution in [-0.4, -0.2) is 26.2 Å². The van der Waals surface area contributed by atoms with Crippen molar-refractivity contribution in [2.75, 3.05) is 14.2 Å². The molecule has 22 heavy (non-hydrogen) atoms. The topological polar surface area (TPSA) is 61.4 Å². The molecule has 2 aliphatic rings. The number of hydrogen-bond donors (Lipinski definition) is 1. The average Bonchev–Trinajstić information content (AvgIpc) is 2.70. The Kier molecular flexibility index (Phi) is 4.52. The van der Waals surface area contributed by atoms with E-state index in [1.54, 1.807) is 14.2 Å². The Morgan fingerprint density at radius 1 is 1.09 bits per heavy atom. The van der Waals surface area contributed by atoms with Crippen molar-refractivity contribution in [1.29, 1.82) is 0 Å². The second kappa shape index (κ2) is 6.57. The van der Waals surface area contributed by atoms with Gasteiger partial charge in [0.05, 0.1) is 25.8 Å². The van der Waals surface area contributed by atoms with Crippen LogP contribution in [0.25, 0.3) is 0 Å². The molecule has 120 valence electrons. The van der Waals surface area contributed by atoms with Crippen LogP contribution >= 0.6 is 0 Å². The summed E-state index contributed by atoms with van der Waals surface area (Å²) in [6.45, 7) is 0. The first-order chi connectivity index (χ1) is 10.7. The van der Waals surface area contributed by atoms with Crippen LogP contribution in [0.15, 0.2) is 12.1 Å². The van der Waals surface area contributed by atoms with Crippen molar-refractivity contribution >= 4 is 5.97 Å². The minimum atomic E-state index is -0.319. The van der Waals surface area contributed by atoms with E-state index in [1.807, 2.05) is 12.1 Å². The Morgan fingerprint density at radius 3 is 2.45 bits per heavy atom. The fourth-order valence-electron chi connectivity index (χ4n) is 3.52. The second-order valence-corrected chi connectivity index (χ2v) is 6.04. The van der Waals surface area contributed by atoms with Gasteiger partial charge in [-0.2, -0.15) is 0 Å². The van der Waals surface area contributed by atoms with E-state index in [2.05, 4.69) is 5.32 Å². The van der Waals surface area contributed by atoms with Gasteiger partial charge in [-0.15, -0.1) is 0 Å². The maximum absolute atomic E-state index is 12.3. The summed E-state index contributed by atoms with van der Waals surface area (Å²) in [5.74, 6) is 0.718. The highest BCUT2D eigenvalue weighted by molar-refractivity contribution is 5.97. The molecule has 2 N–H and O–H groups in total. The molecular formula is C17H24NO4+. The molecule has 1 atom stereocenters. The quantitative estimate of drug-likeness (QED) is 0.684. The minimum Gasteiger partial charge on any atom is -0.493 e. The van der Waals surface area contributed by atoms with Gasteiger partial charge in [0.2, 0.25) is 0 Å². The van der Waals surface area contributed by atoms with E-state index in [-0.39, 0.29) is 12.2 Å². The largest absolute Gasteiger partial charge is 0.493 e. The molecule has 0 spiro atoms. The van der Waals surface area contributed by atoms with E-state index in [4.69, 9.17) is 14.2 Å². The monoisotopic (exact) mass is 306 g/mol. The zero-order valence-corrected chi connectivity index (χ0v) is 13.3. The third-order valence-corrected chi connectivity index (χ3v) is 4.67. The fourth-order valence-corrected chi connectivity index (χ4v) is 3.52. The lowest BCUT2D eigenvalue weighted by atomic mass is 10.0. The lowest BCUT2D eigenvalue weighted by Gasteiger charge is -2.17. The molecule has 1 aromatic rings. The summed E-state index contributed by atoms with van der Waals surface area (Å²) in [7, 11) is 3.12. The number of methoxy groups -OCH3 is 2. The Bertz CT molecular complexity index is 550. The molecule has 5 nitrogen and oxygen atoms in total. The van der Waals surface area contributed by atoms with E-state index in [1.165, 1.54) is 38.5 Å². The lowest BCUT2D eigenvalue weighted by Crippen LogP contribution is -2.90. The van der Waals surface area contributed by atoms with E-state index in [9.17, 15) is 4.79 Å². The van der Waals surface area contributed by atoms with Crippen molar-refractivity contribution in [3.8, 4) is 11.5 Å². The molecule has 1 heterocycles. The SMILES string of the molecule is COc1ccc2c(c1OC)C(=O)O[C@H]2[NH2+]C1CCCCCC1. The first kappa shape index (κ1) is 15.2. The van der Waals surface area contributed by atoms with Crippen LogP contribution in [0.3, 0.4) is 0 Å². The number of cyclic esters (lactones) is 1. The van der Waals surface area contributed by atoms with Crippen molar-refractivity contribution in [1.82, 2.24) is 0 Å². The fraction of sp³-hybridized carbons (Fsp3) is 0.588. The van der Waals surface area contributed by atoms with Crippen molar-refractivity contribution < 1.29 is 24.3 Å². The van der Waals surface area contributed by atoms with E-state index in [0.717, 1.165) is 5.56 Å². The number of carbonyl (C=O) groups excluding carboxylic acids is 1. The van der Waals surface area contributed by atoms with Crippen LogP contribution in [-0.2, 0) is 4.74 Å². The van der Waals surface area contributed by atoms with Crippen molar-refractivity contribution in [3.63, 3.8) is 0 Å². The van der Waals surface area contributed by atoms with E-state index >= 15 is 0 Å². The Labute approximate surface area is 130 Å². The smallest absolute Gasteiger partial charge is 0.347 e. The molecule has 0 bridgehead atoms. The first-order valence-electron chi connectivity index (χ1n) is 8.05. The van der Waals surface area contributed by atoms with E-state index in [0.29, 0.717) is 23.1 Å². The van der Waals surface area contributed by atoms with Gasteiger partial charge in [0, 0.05) is 0 Å². The highest BCUT2D eigenvalue weighted by atomic mass is 16.6. The van der Waals surface area contributed by atoms with Gasteiger partial charge in [-0.3, -0.25) is 0 Å². The summed E-state index contributed by atoms with van der Waals surface area (Å²) in [4.78, 5) is 12.3. The van der Waals surface area contributed by atoms with Crippen LogP contribution in [0.4, 0.5) is 0 Å². The van der Waals surface area contributed by atoms with Crippen LogP contribution in [0.2, 0.25) is 0 Å². The molecule has 0 saturated heterocycles. The van der Waals surface area contributed by atoms with Gasteiger partial charge in [-0.1, -0.05) is 12.8 Å². The number of fused-ring (bicyclic) bond motifs is 1. The van der Waals surface area contributed by atoms with Gasteiger partial charge in [-0.25, -0.2) is 4.79 Å². The normalized spacial score (nSPS) is 21.9. The summed E-state index contributed by atoms with van der Waals surface area (Å²) in [5.41, 5.74) is 1.41. The van der Waals surface area contributed by atoms with Gasteiger partial charge < -0.3 is 19.5 Å². The lowest BCUT2D eigenvalue weighted by molar-refractivity contribution is -0.757. The third-order valence-electron chi connectivity index (χ3n) is 4.67. The molecule has 1 saturated carbocycles. The first-order valence-corrected chi connectivity index (χ1v) is 8.05. The van der Waals surface area contributed by atoms with Gasteiger partial charge in [-0.05, 0) is 37.8 Å². The molecule has 1 fully saturated rings. The zero-order valence-electron chi connectivity index (χ0n) is 13.3. The number of ether oxygens (including phenoxy) is 3. The van der Waals surface area contributed by atoms with E-state index < -0.39 is 0 Å². The second-order valence-electron chi connectivity index (χ2n) is 6.04. The number of esters is 1. The molecule has 1 aliphatic carbocycles. The predicted octanol–water partition coefficient (Wildman–Crippen LogP) is 2.16. The van der Waals surface area contributed by atoms with Gasteiger partial charge in [0.15, 0.2) is 11.5 Å². The Hall–Kier alpha value is -1.75. The van der Waals surface area contributed by atoms with Crippen molar-refractivity contribution in [2.24, 2.45) is 0 Å². The zero-order chi connectivity index (χ0) is 15.5. The van der Waals surface area contributed by atoms with Crippen LogP contribution in [0.1, 0.15) is 60.7 Å². The number of hydrogen-bond acceptors (Lipinski definition) is 4. The highest BCUT2D eigenvalue weighted by Crippen LogP contribution is 2.39. The number of quaternary nitrogens is 1. The van der Waals surface area contributed by atoms with Crippen molar-refractivity contribution in [2.45, 2.75) is 50.8 Å². The number of rotatable bonds is 4. The Balaban J connectivity index is 1.84. The summed E-state index contributed by atoms with van der Waals surface area (Å²) in [6, 6.07) is 4.28. The molecule has 0 amide bonds. The number of benzene rings is 1. The predicted molar refractivity (Wildman–Crippen MR) is 81.1 cm³/mol. The maximum atomic E-state index is 12.3. The summed E-state index contributed by atoms with van der Waals surface area (Å²) < 4.78 is 16.2. The van der Waals surface area contributed by atoms with Crippen LogP contribution in [0.5, 0.6) is 11.5 Å². The molecule has 0 radical (unpaired) electrons. The maximum Gasteiger partial charge on any atom is 0.347 e. The average molecular weight is 306 g/mol. The van der Waals surface area contributed by atoms with Crippen LogP contribution in [0, 0.1) is 0 Å². The molecule has 3 rings (SSSR count). The molecule has 0 unspecified atom stereocenters. The number of carbonyl (C=O) groups is 1. The third kappa shape index (κ3) is 2.77. The Morgan fingerprint density at radius 2 is 1.82 bits per heavy atom. The number of nitrogens with two attached hydrogens (primary N) is 1. The van der Waals surface area contributed by atoms with Crippen molar-refractivity contribution in [3.05, 3.63) is 23.3 Å². The molecule has 1 aliphatic heterocycles. The molecular weight excluding hydrogens is 282 g/mol. The van der Waals surface area contributed by atoms with Gasteiger partial charge >= 0.3 is 5.97 Å². The van der Waals surface area contributed by atoms with Gasteiger partial charge in [0.25, 0.3) is 6.23 Å². The highest BCUT2D eigenvalue weighted by Gasteiger charge is 2.39. The van der Waals surface area contributed by atoms with Crippen LogP contribution < -0.4 is 14.8 Å². The summed E-state index contributed by atoms with van der Waals surface area (Å²) in [5, 5.41) is 2.21. The van der Waals surface area contributed by atoms with Gasteiger partial charge in [0.1, 0.15) is 5.56 Å².